The Kier molecular flexibility index (Phi) is 8.54. The predicted octanol–water partition coefficient (Wildman–Crippen LogP) is 5.70. The summed E-state index contributed by atoms with van der Waals surface area (Å²) in [5.74, 6) is -1.50. The molecule has 1 amide bonds. The Bertz CT molecular complexity index is 1320. The summed E-state index contributed by atoms with van der Waals surface area (Å²) in [6.07, 6.45) is 1.34. The van der Waals surface area contributed by atoms with Crippen LogP contribution in [-0.4, -0.2) is 24.5 Å². The van der Waals surface area contributed by atoms with Crippen molar-refractivity contribution in [1.29, 1.82) is 5.26 Å². The number of nitrogens with one attached hydrogen (secondary N) is 1. The zero-order valence-electron chi connectivity index (χ0n) is 19.0. The van der Waals surface area contributed by atoms with Crippen LogP contribution in [0, 0.1) is 18.3 Å². The molecule has 1 N–H and O–H groups in total. The van der Waals surface area contributed by atoms with E-state index in [0.29, 0.717) is 26.9 Å². The molecule has 0 aromatic heterocycles. The fourth-order valence-electron chi connectivity index (χ4n) is 2.98. The quantitative estimate of drug-likeness (QED) is 0.181. The maximum absolute atomic E-state index is 12.7. The van der Waals surface area contributed by atoms with Gasteiger partial charge in [0.25, 0.3) is 5.91 Å². The number of aryl methyl sites for hydroxylation is 1. The van der Waals surface area contributed by atoms with E-state index >= 15 is 0 Å². The number of carbonyl (C=O) groups is 3. The van der Waals surface area contributed by atoms with Crippen LogP contribution in [0.5, 0.6) is 5.75 Å². The number of amides is 1. The lowest BCUT2D eigenvalue weighted by atomic mass is 10.1. The number of halogens is 1. The van der Waals surface area contributed by atoms with Crippen LogP contribution < -0.4 is 10.1 Å². The van der Waals surface area contributed by atoms with E-state index in [9.17, 15) is 19.6 Å². The highest BCUT2D eigenvalue weighted by Crippen LogP contribution is 2.27. The minimum Gasteiger partial charge on any atom is -0.462 e. The summed E-state index contributed by atoms with van der Waals surface area (Å²) >= 11 is 3.36. The second kappa shape index (κ2) is 11.8. The van der Waals surface area contributed by atoms with Crippen LogP contribution in [0.15, 0.2) is 76.8 Å². The zero-order valence-corrected chi connectivity index (χ0v) is 20.6. The van der Waals surface area contributed by atoms with Crippen LogP contribution >= 0.6 is 15.9 Å². The number of hydrogen-bond donors (Lipinski definition) is 1. The minimum absolute atomic E-state index is 0.193. The molecule has 8 heteroatoms. The molecule has 35 heavy (non-hydrogen) atoms. The second-order valence-corrected chi connectivity index (χ2v) is 8.28. The van der Waals surface area contributed by atoms with Crippen LogP contribution in [0.3, 0.4) is 0 Å². The molecule has 3 rings (SSSR count). The van der Waals surface area contributed by atoms with Crippen LogP contribution in [0.2, 0.25) is 0 Å². The summed E-state index contributed by atoms with van der Waals surface area (Å²) in [6, 6.07) is 19.8. The van der Waals surface area contributed by atoms with E-state index in [1.165, 1.54) is 30.3 Å². The standard InChI is InChI=1S/C27H21BrN2O5/c1-3-34-26(32)18-8-11-23(12-9-18)30-25(31)21(16-29)14-20-15-22(28)10-13-24(20)35-27(33)19-6-4-17(2)5-7-19/h4-15H,3H2,1-2H3,(H,30,31)/b21-14+. The highest BCUT2D eigenvalue weighted by molar-refractivity contribution is 9.10. The van der Waals surface area contributed by atoms with Gasteiger partial charge in [-0.3, -0.25) is 4.79 Å². The van der Waals surface area contributed by atoms with E-state index in [2.05, 4.69) is 21.2 Å². The molecular formula is C27H21BrN2O5. The molecule has 176 valence electrons. The maximum atomic E-state index is 12.7. The summed E-state index contributed by atoms with van der Waals surface area (Å²) < 4.78 is 11.1. The molecule has 3 aromatic rings. The molecule has 3 aromatic carbocycles. The first-order valence-electron chi connectivity index (χ1n) is 10.6. The van der Waals surface area contributed by atoms with E-state index in [0.717, 1.165) is 5.56 Å². The summed E-state index contributed by atoms with van der Waals surface area (Å²) in [6.45, 7) is 3.88. The number of esters is 2. The summed E-state index contributed by atoms with van der Waals surface area (Å²) in [5, 5.41) is 12.2. The molecule has 0 unspecified atom stereocenters. The Morgan fingerprint density at radius 2 is 1.60 bits per heavy atom. The average Bonchev–Trinajstić information content (AvgIpc) is 2.84. The van der Waals surface area contributed by atoms with Gasteiger partial charge in [0, 0.05) is 15.7 Å². The first-order valence-corrected chi connectivity index (χ1v) is 11.4. The number of nitrogens with zero attached hydrogens (tertiary/aromatic N) is 1. The first kappa shape index (κ1) is 25.4. The molecule has 0 fully saturated rings. The van der Waals surface area contributed by atoms with Gasteiger partial charge in [-0.2, -0.15) is 5.26 Å². The fourth-order valence-corrected chi connectivity index (χ4v) is 3.36. The molecule has 0 aliphatic heterocycles. The summed E-state index contributed by atoms with van der Waals surface area (Å²) in [5.41, 5.74) is 2.28. The van der Waals surface area contributed by atoms with Gasteiger partial charge in [-0.25, -0.2) is 9.59 Å². The van der Waals surface area contributed by atoms with Gasteiger partial charge in [0.05, 0.1) is 17.7 Å². The van der Waals surface area contributed by atoms with E-state index in [-0.39, 0.29) is 17.9 Å². The van der Waals surface area contributed by atoms with Gasteiger partial charge >= 0.3 is 11.9 Å². The van der Waals surface area contributed by atoms with Crippen LogP contribution in [0.25, 0.3) is 6.08 Å². The van der Waals surface area contributed by atoms with Crippen molar-refractivity contribution in [3.05, 3.63) is 99.0 Å². The van der Waals surface area contributed by atoms with Crippen molar-refractivity contribution in [2.45, 2.75) is 13.8 Å². The van der Waals surface area contributed by atoms with Crippen molar-refractivity contribution < 1.29 is 23.9 Å². The lowest BCUT2D eigenvalue weighted by Gasteiger charge is -2.10. The Morgan fingerprint density at radius 1 is 0.971 bits per heavy atom. The number of anilines is 1. The van der Waals surface area contributed by atoms with E-state index in [1.807, 2.05) is 13.0 Å². The van der Waals surface area contributed by atoms with Gasteiger partial charge in [-0.15, -0.1) is 0 Å². The van der Waals surface area contributed by atoms with Gasteiger partial charge in [0.2, 0.25) is 0 Å². The Balaban J connectivity index is 1.81. The number of carbonyl (C=O) groups excluding carboxylic acids is 3. The van der Waals surface area contributed by atoms with Gasteiger partial charge in [0.1, 0.15) is 17.4 Å². The monoisotopic (exact) mass is 532 g/mol. The zero-order chi connectivity index (χ0) is 25.4. The number of nitriles is 1. The van der Waals surface area contributed by atoms with Crippen molar-refractivity contribution in [2.75, 3.05) is 11.9 Å². The molecule has 0 bridgehead atoms. The second-order valence-electron chi connectivity index (χ2n) is 7.36. The molecule has 0 atom stereocenters. The van der Waals surface area contributed by atoms with Gasteiger partial charge in [0.15, 0.2) is 0 Å². The number of ether oxygens (including phenoxy) is 2. The molecule has 0 saturated heterocycles. The third-order valence-electron chi connectivity index (χ3n) is 4.78. The van der Waals surface area contributed by atoms with Crippen LogP contribution in [-0.2, 0) is 9.53 Å². The largest absolute Gasteiger partial charge is 0.462 e. The normalized spacial score (nSPS) is 10.7. The highest BCUT2D eigenvalue weighted by Gasteiger charge is 2.15. The first-order chi connectivity index (χ1) is 16.8. The number of benzene rings is 3. The highest BCUT2D eigenvalue weighted by atomic mass is 79.9. The van der Waals surface area contributed by atoms with Crippen molar-refractivity contribution in [2.24, 2.45) is 0 Å². The maximum Gasteiger partial charge on any atom is 0.343 e. The summed E-state index contributed by atoms with van der Waals surface area (Å²) in [7, 11) is 0. The molecule has 0 aliphatic rings. The van der Waals surface area contributed by atoms with Crippen molar-refractivity contribution in [1.82, 2.24) is 0 Å². The van der Waals surface area contributed by atoms with E-state index < -0.39 is 17.8 Å². The Labute approximate surface area is 211 Å². The van der Waals surface area contributed by atoms with E-state index in [1.54, 1.807) is 49.4 Å². The van der Waals surface area contributed by atoms with Crippen molar-refractivity contribution in [3.63, 3.8) is 0 Å². The minimum atomic E-state index is -0.660. The molecule has 0 spiro atoms. The average molecular weight is 533 g/mol. The molecule has 0 aliphatic carbocycles. The molecule has 0 saturated carbocycles. The smallest absolute Gasteiger partial charge is 0.343 e. The number of hydrogen-bond acceptors (Lipinski definition) is 6. The SMILES string of the molecule is CCOC(=O)c1ccc(NC(=O)/C(C#N)=C/c2cc(Br)ccc2OC(=O)c2ccc(C)cc2)cc1. The predicted molar refractivity (Wildman–Crippen MR) is 135 cm³/mol. The molecule has 0 heterocycles. The Morgan fingerprint density at radius 3 is 2.23 bits per heavy atom. The van der Waals surface area contributed by atoms with Crippen molar-refractivity contribution >= 4 is 45.5 Å². The van der Waals surface area contributed by atoms with Crippen LogP contribution in [0.1, 0.15) is 38.8 Å². The van der Waals surface area contributed by atoms with E-state index in [4.69, 9.17) is 9.47 Å². The van der Waals surface area contributed by atoms with Crippen LogP contribution in [0.4, 0.5) is 5.69 Å². The lowest BCUT2D eigenvalue weighted by Crippen LogP contribution is -2.14. The third-order valence-corrected chi connectivity index (χ3v) is 5.27. The van der Waals surface area contributed by atoms with Gasteiger partial charge in [-0.1, -0.05) is 33.6 Å². The van der Waals surface area contributed by atoms with Gasteiger partial charge in [-0.05, 0) is 74.5 Å². The molecule has 0 radical (unpaired) electrons. The fraction of sp³-hybridized carbons (Fsp3) is 0.111. The molecular weight excluding hydrogens is 512 g/mol. The summed E-state index contributed by atoms with van der Waals surface area (Å²) in [4.78, 5) is 37.1. The molecule has 7 nitrogen and oxygen atoms in total. The Hall–Kier alpha value is -4.22. The third kappa shape index (κ3) is 6.88. The lowest BCUT2D eigenvalue weighted by molar-refractivity contribution is -0.112. The topological polar surface area (TPSA) is 105 Å². The van der Waals surface area contributed by atoms with Crippen molar-refractivity contribution in [3.8, 4) is 11.8 Å². The number of rotatable bonds is 7. The van der Waals surface area contributed by atoms with Gasteiger partial charge < -0.3 is 14.8 Å².